The standard InChI is InChI=1S/C30H39N9O7/c1-20(45-30(42)46-25-13-5-4-6-14-25)44-29(41)24-12-8-10-22(16-24)19-34-38-36-26(31)17-27(35-32)37-33-18-21-9-7-11-23(15-21)28(40)39(2)43-3/h7-12,15-16,20,25H,4-6,13-14,17-19,32H2,1-3H3,(H2,31,34,36). The molecule has 3 rings (SSSR count). The van der Waals surface area contributed by atoms with E-state index in [9.17, 15) is 14.4 Å². The molecule has 1 atom stereocenters. The third-order valence-corrected chi connectivity index (χ3v) is 6.66. The monoisotopic (exact) mass is 637 g/mol. The molecule has 1 amide bonds. The quantitative estimate of drug-likeness (QED) is 0.0582. The van der Waals surface area contributed by atoms with Crippen molar-refractivity contribution < 1.29 is 33.4 Å². The Hall–Kier alpha value is -5.25. The van der Waals surface area contributed by atoms with Gasteiger partial charge in [0.1, 0.15) is 11.9 Å². The van der Waals surface area contributed by atoms with Crippen LogP contribution in [0.25, 0.3) is 0 Å². The minimum Gasteiger partial charge on any atom is -0.431 e. The van der Waals surface area contributed by atoms with Gasteiger partial charge < -0.3 is 25.8 Å². The summed E-state index contributed by atoms with van der Waals surface area (Å²) in [6, 6.07) is 13.4. The summed E-state index contributed by atoms with van der Waals surface area (Å²) < 4.78 is 15.6. The summed E-state index contributed by atoms with van der Waals surface area (Å²) in [5.74, 6) is 4.57. The number of benzene rings is 2. The first kappa shape index (κ1) is 35.2. The highest BCUT2D eigenvalue weighted by Gasteiger charge is 2.22. The molecule has 1 saturated carbocycles. The van der Waals surface area contributed by atoms with E-state index in [-0.39, 0.29) is 48.8 Å². The number of amidine groups is 2. The van der Waals surface area contributed by atoms with Crippen molar-refractivity contribution >= 4 is 29.7 Å². The highest BCUT2D eigenvalue weighted by molar-refractivity contribution is 6.01. The van der Waals surface area contributed by atoms with E-state index in [1.54, 1.807) is 48.5 Å². The van der Waals surface area contributed by atoms with Crippen LogP contribution in [0.2, 0.25) is 0 Å². The average Bonchev–Trinajstić information content (AvgIpc) is 3.06. The summed E-state index contributed by atoms with van der Waals surface area (Å²) in [5, 5.41) is 24.3. The number of carbonyl (C=O) groups is 3. The topological polar surface area (TPSA) is 218 Å². The zero-order valence-corrected chi connectivity index (χ0v) is 26.1. The van der Waals surface area contributed by atoms with E-state index in [0.717, 1.165) is 42.7 Å². The predicted molar refractivity (Wildman–Crippen MR) is 166 cm³/mol. The number of esters is 1. The van der Waals surface area contributed by atoms with Crippen molar-refractivity contribution in [1.82, 2.24) is 5.06 Å². The van der Waals surface area contributed by atoms with Gasteiger partial charge in [0.15, 0.2) is 5.84 Å². The fraction of sp³-hybridized carbons (Fsp3) is 0.433. The maximum absolute atomic E-state index is 12.6. The van der Waals surface area contributed by atoms with Gasteiger partial charge in [0.05, 0.1) is 32.2 Å². The number of azo groups is 1. The van der Waals surface area contributed by atoms with E-state index < -0.39 is 18.4 Å². The molecule has 1 aliphatic rings. The lowest BCUT2D eigenvalue weighted by atomic mass is 9.98. The Kier molecular flexibility index (Phi) is 14.2. The summed E-state index contributed by atoms with van der Waals surface area (Å²) in [5.41, 5.74) is 7.96. The van der Waals surface area contributed by atoms with Crippen LogP contribution in [0.5, 0.6) is 0 Å². The molecule has 2 aromatic rings. The molecule has 46 heavy (non-hydrogen) atoms. The first-order chi connectivity index (χ1) is 22.2. The number of hydrazone groups is 1. The summed E-state index contributed by atoms with van der Waals surface area (Å²) in [6.45, 7) is 1.70. The zero-order chi connectivity index (χ0) is 33.3. The summed E-state index contributed by atoms with van der Waals surface area (Å²) in [7, 11) is 2.92. The predicted octanol–water partition coefficient (Wildman–Crippen LogP) is 4.85. The third kappa shape index (κ3) is 12.0. The molecule has 0 aromatic heterocycles. The third-order valence-electron chi connectivity index (χ3n) is 6.66. The van der Waals surface area contributed by atoms with Gasteiger partial charge in [-0.2, -0.15) is 15.3 Å². The van der Waals surface area contributed by atoms with Crippen molar-refractivity contribution in [2.24, 2.45) is 42.3 Å². The lowest BCUT2D eigenvalue weighted by molar-refractivity contribution is -0.0915. The number of ether oxygens (including phenoxy) is 3. The Bertz CT molecular complexity index is 1460. The van der Waals surface area contributed by atoms with Gasteiger partial charge in [0.2, 0.25) is 6.29 Å². The molecule has 1 fully saturated rings. The maximum atomic E-state index is 12.6. The summed E-state index contributed by atoms with van der Waals surface area (Å²) in [4.78, 5) is 41.7. The van der Waals surface area contributed by atoms with Crippen molar-refractivity contribution in [3.63, 3.8) is 0 Å². The van der Waals surface area contributed by atoms with Gasteiger partial charge in [0.25, 0.3) is 5.91 Å². The molecule has 0 aliphatic heterocycles. The van der Waals surface area contributed by atoms with Crippen LogP contribution < -0.4 is 11.6 Å². The van der Waals surface area contributed by atoms with Crippen molar-refractivity contribution in [1.29, 1.82) is 0 Å². The van der Waals surface area contributed by atoms with Gasteiger partial charge in [-0.3, -0.25) is 9.63 Å². The van der Waals surface area contributed by atoms with E-state index >= 15 is 0 Å². The van der Waals surface area contributed by atoms with Gasteiger partial charge in [-0.1, -0.05) is 30.7 Å². The minimum atomic E-state index is -1.13. The van der Waals surface area contributed by atoms with E-state index in [4.69, 9.17) is 30.6 Å². The van der Waals surface area contributed by atoms with Crippen LogP contribution in [0.3, 0.4) is 0 Å². The lowest BCUT2D eigenvalue weighted by Crippen LogP contribution is -2.26. The molecular formula is C30H39N9O7. The van der Waals surface area contributed by atoms with Crippen LogP contribution in [0.15, 0.2) is 79.3 Å². The average molecular weight is 638 g/mol. The molecule has 16 nitrogen and oxygen atoms in total. The number of nitrogens with two attached hydrogens (primary N) is 2. The Balaban J connectivity index is 1.45. The molecule has 1 unspecified atom stereocenters. The number of amides is 1. The first-order valence-corrected chi connectivity index (χ1v) is 14.6. The Labute approximate surface area is 266 Å². The molecule has 1 aliphatic carbocycles. The van der Waals surface area contributed by atoms with Crippen LogP contribution in [-0.4, -0.2) is 61.3 Å². The molecule has 0 radical (unpaired) electrons. The van der Waals surface area contributed by atoms with Crippen LogP contribution in [-0.2, 0) is 32.1 Å². The Morgan fingerprint density at radius 3 is 2.28 bits per heavy atom. The first-order valence-electron chi connectivity index (χ1n) is 14.6. The molecule has 16 heteroatoms. The molecule has 2 aromatic carbocycles. The van der Waals surface area contributed by atoms with Gasteiger partial charge >= 0.3 is 12.1 Å². The second-order valence-electron chi connectivity index (χ2n) is 10.2. The number of nitrogens with zero attached hydrogens (tertiary/aromatic N) is 7. The van der Waals surface area contributed by atoms with Crippen molar-refractivity contribution in [2.45, 2.75) is 70.9 Å². The van der Waals surface area contributed by atoms with Gasteiger partial charge in [-0.15, -0.1) is 10.2 Å². The smallest absolute Gasteiger partial charge is 0.431 e. The van der Waals surface area contributed by atoms with Crippen LogP contribution in [0.4, 0.5) is 4.79 Å². The molecule has 0 saturated heterocycles. The minimum absolute atomic E-state index is 0.0358. The van der Waals surface area contributed by atoms with Crippen LogP contribution in [0, 0.1) is 0 Å². The van der Waals surface area contributed by atoms with Gasteiger partial charge in [0, 0.05) is 19.5 Å². The molecule has 4 N–H and O–H groups in total. The Morgan fingerprint density at radius 1 is 0.957 bits per heavy atom. The van der Waals surface area contributed by atoms with Crippen LogP contribution >= 0.6 is 0 Å². The number of rotatable bonds is 13. The number of hydrogen-bond acceptors (Lipinski definition) is 12. The van der Waals surface area contributed by atoms with Crippen LogP contribution in [0.1, 0.15) is 77.3 Å². The van der Waals surface area contributed by atoms with E-state index in [1.165, 1.54) is 21.1 Å². The number of hydroxylamine groups is 2. The summed E-state index contributed by atoms with van der Waals surface area (Å²) in [6.07, 6.45) is 2.55. The Morgan fingerprint density at radius 2 is 1.61 bits per heavy atom. The zero-order valence-electron chi connectivity index (χ0n) is 26.1. The fourth-order valence-corrected chi connectivity index (χ4v) is 4.29. The normalized spacial score (nSPS) is 15.1. The highest BCUT2D eigenvalue weighted by atomic mass is 16.8. The van der Waals surface area contributed by atoms with Gasteiger partial charge in [-0.25, -0.2) is 14.7 Å². The largest absolute Gasteiger partial charge is 0.511 e. The molecule has 246 valence electrons. The molecule has 0 spiro atoms. The van der Waals surface area contributed by atoms with Crippen molar-refractivity contribution in [2.75, 3.05) is 14.2 Å². The SMILES string of the molecule is CON(C)C(=O)c1cccc(CN=NC(CC(N)=NN=NCc2cccc(C(=O)OC(C)OC(=O)OC3CCCCC3)c2)=NN)c1. The molecule has 0 heterocycles. The highest BCUT2D eigenvalue weighted by Crippen LogP contribution is 2.21. The second-order valence-corrected chi connectivity index (χ2v) is 10.2. The van der Waals surface area contributed by atoms with Gasteiger partial charge in [-0.05, 0) is 66.3 Å². The fourth-order valence-electron chi connectivity index (χ4n) is 4.29. The van der Waals surface area contributed by atoms with Crippen molar-refractivity contribution in [3.8, 4) is 0 Å². The maximum Gasteiger partial charge on any atom is 0.511 e. The number of hydrogen-bond donors (Lipinski definition) is 2. The van der Waals surface area contributed by atoms with Crippen molar-refractivity contribution in [3.05, 3.63) is 70.8 Å². The lowest BCUT2D eigenvalue weighted by Gasteiger charge is -2.22. The summed E-state index contributed by atoms with van der Waals surface area (Å²) >= 11 is 0. The van der Waals surface area contributed by atoms with E-state index in [2.05, 4.69) is 30.8 Å². The van der Waals surface area contributed by atoms with E-state index in [0.29, 0.717) is 11.1 Å². The molecular weight excluding hydrogens is 598 g/mol. The second kappa shape index (κ2) is 18.5. The number of carbonyl (C=O) groups excluding carboxylic acids is 3. The van der Waals surface area contributed by atoms with E-state index in [1.807, 2.05) is 0 Å². The molecule has 0 bridgehead atoms.